The summed E-state index contributed by atoms with van der Waals surface area (Å²) in [5.41, 5.74) is 7.97. The van der Waals surface area contributed by atoms with E-state index in [1.807, 2.05) is 30.3 Å². The number of benzene rings is 2. The van der Waals surface area contributed by atoms with Crippen LogP contribution in [0.5, 0.6) is 0 Å². The third kappa shape index (κ3) is 4.42. The van der Waals surface area contributed by atoms with Gasteiger partial charge in [-0.15, -0.1) is 12.4 Å². The van der Waals surface area contributed by atoms with Crippen LogP contribution < -0.4 is 16.4 Å². The molecule has 0 bridgehead atoms. The molecule has 0 spiro atoms. The van der Waals surface area contributed by atoms with Crippen molar-refractivity contribution in [3.63, 3.8) is 0 Å². The molecule has 0 saturated heterocycles. The van der Waals surface area contributed by atoms with E-state index in [1.54, 1.807) is 18.2 Å². The van der Waals surface area contributed by atoms with Crippen LogP contribution in [0.3, 0.4) is 0 Å². The molecule has 5 N–H and O–H groups in total. The molecule has 27 heavy (non-hydrogen) atoms. The Morgan fingerprint density at radius 2 is 2.00 bits per heavy atom. The molecule has 3 rings (SSSR count). The molecule has 0 aliphatic rings. The summed E-state index contributed by atoms with van der Waals surface area (Å²) in [5, 5.41) is 12.6. The lowest BCUT2D eigenvalue weighted by Gasteiger charge is -2.10. The molecule has 2 amide bonds. The number of imidazole rings is 1. The Balaban J connectivity index is 0.00000261. The number of carbonyl (C=O) groups is 2. The number of amidine groups is 1. The summed E-state index contributed by atoms with van der Waals surface area (Å²) >= 11 is 0. The van der Waals surface area contributed by atoms with Gasteiger partial charge in [0.15, 0.2) is 0 Å². The number of hydrogen-bond acceptors (Lipinski definition) is 4. The van der Waals surface area contributed by atoms with Crippen molar-refractivity contribution in [3.8, 4) is 11.4 Å². The maximum absolute atomic E-state index is 12.7. The van der Waals surface area contributed by atoms with E-state index in [0.29, 0.717) is 34.5 Å². The minimum absolute atomic E-state index is 0. The average molecular weight is 387 g/mol. The first kappa shape index (κ1) is 19.9. The average Bonchev–Trinajstić information content (AvgIpc) is 3.01. The third-order valence-corrected chi connectivity index (χ3v) is 3.78. The number of nitrogens with one attached hydrogen (secondary N) is 3. The largest absolute Gasteiger partial charge is 0.388 e. The molecule has 0 saturated carbocycles. The van der Waals surface area contributed by atoms with Gasteiger partial charge < -0.3 is 16.4 Å². The van der Waals surface area contributed by atoms with E-state index < -0.39 is 0 Å². The molecule has 8 nitrogen and oxygen atoms in total. The maximum atomic E-state index is 12.7. The van der Waals surface area contributed by atoms with Crippen LogP contribution in [0.2, 0.25) is 0 Å². The monoisotopic (exact) mass is 386 g/mol. The van der Waals surface area contributed by atoms with Gasteiger partial charge in [-0.25, -0.2) is 14.3 Å². The predicted octanol–water partition coefficient (Wildman–Crippen LogP) is 2.58. The lowest BCUT2D eigenvalue weighted by molar-refractivity contribution is -0.105. The van der Waals surface area contributed by atoms with Crippen molar-refractivity contribution in [3.05, 3.63) is 48.5 Å². The van der Waals surface area contributed by atoms with Crippen molar-refractivity contribution in [1.29, 1.82) is 5.41 Å². The SMILES string of the molecule is Cl.N=C(N)CCNC(=O)n1c(-c2cccc(NC=O)c2)nc2ccccc21. The van der Waals surface area contributed by atoms with Gasteiger partial charge in [-0.05, 0) is 24.3 Å². The van der Waals surface area contributed by atoms with Gasteiger partial charge in [-0.2, -0.15) is 0 Å². The first-order chi connectivity index (χ1) is 12.6. The summed E-state index contributed by atoms with van der Waals surface area (Å²) in [7, 11) is 0. The van der Waals surface area contributed by atoms with Crippen LogP contribution in [-0.2, 0) is 4.79 Å². The number of hydrogen-bond donors (Lipinski definition) is 4. The van der Waals surface area contributed by atoms with E-state index in [4.69, 9.17) is 11.1 Å². The van der Waals surface area contributed by atoms with Crippen LogP contribution in [0.15, 0.2) is 48.5 Å². The fourth-order valence-corrected chi connectivity index (χ4v) is 2.62. The van der Waals surface area contributed by atoms with Crippen molar-refractivity contribution in [2.24, 2.45) is 5.73 Å². The van der Waals surface area contributed by atoms with Crippen molar-refractivity contribution in [2.45, 2.75) is 6.42 Å². The summed E-state index contributed by atoms with van der Waals surface area (Å²) in [4.78, 5) is 28.0. The van der Waals surface area contributed by atoms with Crippen LogP contribution in [-0.4, -0.2) is 34.4 Å². The molecule has 3 aromatic rings. The van der Waals surface area contributed by atoms with Crippen molar-refractivity contribution in [2.75, 3.05) is 11.9 Å². The number of nitrogens with zero attached hydrogens (tertiary/aromatic N) is 2. The Bertz CT molecular complexity index is 985. The number of para-hydroxylation sites is 2. The number of aromatic nitrogens is 2. The topological polar surface area (TPSA) is 126 Å². The van der Waals surface area contributed by atoms with Crippen LogP contribution in [0.4, 0.5) is 10.5 Å². The number of amides is 2. The van der Waals surface area contributed by atoms with Gasteiger partial charge >= 0.3 is 6.03 Å². The van der Waals surface area contributed by atoms with E-state index in [9.17, 15) is 9.59 Å². The van der Waals surface area contributed by atoms with Gasteiger partial charge in [0.1, 0.15) is 5.82 Å². The molecule has 1 aromatic heterocycles. The van der Waals surface area contributed by atoms with Crippen molar-refractivity contribution < 1.29 is 9.59 Å². The number of nitrogens with two attached hydrogens (primary N) is 1. The Morgan fingerprint density at radius 3 is 2.74 bits per heavy atom. The molecule has 0 atom stereocenters. The molecule has 9 heteroatoms. The van der Waals surface area contributed by atoms with E-state index >= 15 is 0 Å². The molecule has 0 fully saturated rings. The zero-order chi connectivity index (χ0) is 18.5. The van der Waals surface area contributed by atoms with E-state index in [0.717, 1.165) is 0 Å². The Morgan fingerprint density at radius 1 is 1.22 bits per heavy atom. The third-order valence-electron chi connectivity index (χ3n) is 3.78. The van der Waals surface area contributed by atoms with E-state index in [-0.39, 0.29) is 37.2 Å². The number of carbonyl (C=O) groups excluding carboxylic acids is 2. The Labute approximate surface area is 161 Å². The normalized spacial score (nSPS) is 10.1. The lowest BCUT2D eigenvalue weighted by Crippen LogP contribution is -2.31. The Kier molecular flexibility index (Phi) is 6.51. The van der Waals surface area contributed by atoms with Crippen LogP contribution in [0.25, 0.3) is 22.4 Å². The van der Waals surface area contributed by atoms with Gasteiger partial charge in [0, 0.05) is 24.2 Å². The number of anilines is 1. The molecule has 0 aliphatic heterocycles. The van der Waals surface area contributed by atoms with Crippen LogP contribution in [0, 0.1) is 5.41 Å². The zero-order valence-corrected chi connectivity index (χ0v) is 15.1. The van der Waals surface area contributed by atoms with Gasteiger partial charge in [0.25, 0.3) is 0 Å². The molecule has 2 aromatic carbocycles. The first-order valence-corrected chi connectivity index (χ1v) is 7.99. The van der Waals surface area contributed by atoms with Crippen LogP contribution >= 0.6 is 12.4 Å². The van der Waals surface area contributed by atoms with Crippen molar-refractivity contribution in [1.82, 2.24) is 14.9 Å². The first-order valence-electron chi connectivity index (χ1n) is 7.99. The number of rotatable bonds is 6. The van der Waals surface area contributed by atoms with Gasteiger partial charge in [-0.1, -0.05) is 24.3 Å². The summed E-state index contributed by atoms with van der Waals surface area (Å²) < 4.78 is 1.48. The number of halogens is 1. The molecule has 1 heterocycles. The lowest BCUT2D eigenvalue weighted by atomic mass is 10.2. The summed E-state index contributed by atoms with van der Waals surface area (Å²) in [6.07, 6.45) is 0.864. The molecular weight excluding hydrogens is 368 g/mol. The molecular formula is C18H19ClN6O2. The minimum Gasteiger partial charge on any atom is -0.388 e. The second kappa shape index (κ2) is 8.81. The standard InChI is InChI=1S/C18H18N6O2.ClH/c19-16(20)8-9-21-18(26)24-15-7-2-1-6-14(15)23-17(24)12-4-3-5-13(10-12)22-11-25;/h1-7,10-11H,8-9H2,(H3,19,20)(H,21,26)(H,22,25);1H. The second-order valence-corrected chi connectivity index (χ2v) is 5.61. The van der Waals surface area contributed by atoms with E-state index in [1.165, 1.54) is 4.57 Å². The molecule has 0 radical (unpaired) electrons. The summed E-state index contributed by atoms with van der Waals surface area (Å²) in [5.74, 6) is 0.467. The van der Waals surface area contributed by atoms with E-state index in [2.05, 4.69) is 15.6 Å². The van der Waals surface area contributed by atoms with Gasteiger partial charge in [0.2, 0.25) is 6.41 Å². The quantitative estimate of drug-likeness (QED) is 0.295. The molecule has 0 unspecified atom stereocenters. The molecule has 140 valence electrons. The second-order valence-electron chi connectivity index (χ2n) is 5.61. The predicted molar refractivity (Wildman–Crippen MR) is 107 cm³/mol. The van der Waals surface area contributed by atoms with Gasteiger partial charge in [-0.3, -0.25) is 10.2 Å². The fourth-order valence-electron chi connectivity index (χ4n) is 2.62. The van der Waals surface area contributed by atoms with Crippen LogP contribution in [0.1, 0.15) is 6.42 Å². The summed E-state index contributed by atoms with van der Waals surface area (Å²) in [6, 6.07) is 14.0. The summed E-state index contributed by atoms with van der Waals surface area (Å²) in [6.45, 7) is 0.257. The highest BCUT2D eigenvalue weighted by Gasteiger charge is 2.18. The fraction of sp³-hybridized carbons (Fsp3) is 0.111. The Hall–Kier alpha value is -3.39. The number of fused-ring (bicyclic) bond motifs is 1. The highest BCUT2D eigenvalue weighted by atomic mass is 35.5. The smallest absolute Gasteiger partial charge is 0.327 e. The minimum atomic E-state index is -0.358. The zero-order valence-electron chi connectivity index (χ0n) is 14.3. The van der Waals surface area contributed by atoms with Gasteiger partial charge in [0.05, 0.1) is 16.9 Å². The highest BCUT2D eigenvalue weighted by molar-refractivity contribution is 5.94. The highest BCUT2D eigenvalue weighted by Crippen LogP contribution is 2.26. The van der Waals surface area contributed by atoms with Crippen molar-refractivity contribution >= 4 is 47.4 Å². The maximum Gasteiger partial charge on any atom is 0.327 e. The molecule has 0 aliphatic carbocycles.